The lowest BCUT2D eigenvalue weighted by molar-refractivity contribution is 0.410. The van der Waals surface area contributed by atoms with Crippen LogP contribution < -0.4 is 16.4 Å². The number of thiophene rings is 1. The predicted octanol–water partition coefficient (Wildman–Crippen LogP) is 5.49. The minimum atomic E-state index is 0.312. The van der Waals surface area contributed by atoms with Gasteiger partial charge in [-0.2, -0.15) is 9.97 Å². The minimum Gasteiger partial charge on any atom is -0.351 e. The van der Waals surface area contributed by atoms with Gasteiger partial charge in [-0.05, 0) is 62.1 Å². The van der Waals surface area contributed by atoms with Crippen LogP contribution in [0, 0.1) is 0 Å². The number of nitrogens with two attached hydrogens (primary N) is 1. The molecule has 0 aromatic carbocycles. The molecule has 0 spiro atoms. The van der Waals surface area contributed by atoms with E-state index < -0.39 is 0 Å². The van der Waals surface area contributed by atoms with E-state index in [9.17, 15) is 0 Å². The second kappa shape index (κ2) is 9.31. The number of imidazole rings is 1. The predicted molar refractivity (Wildman–Crippen MR) is 138 cm³/mol. The molecule has 2 aliphatic rings. The largest absolute Gasteiger partial charge is 0.351 e. The maximum absolute atomic E-state index is 6.11. The summed E-state index contributed by atoms with van der Waals surface area (Å²) in [5, 5.41) is 9.11. The number of fused-ring (bicyclic) bond motifs is 1. The molecule has 0 unspecified atom stereocenters. The molecule has 4 aromatic heterocycles. The Morgan fingerprint density at radius 3 is 2.56 bits per heavy atom. The number of rotatable bonds is 6. The first-order valence-electron chi connectivity index (χ1n) is 12.3. The zero-order chi connectivity index (χ0) is 22.9. The minimum absolute atomic E-state index is 0.312. The van der Waals surface area contributed by atoms with Crippen molar-refractivity contribution in [1.82, 2.24) is 24.5 Å². The molecule has 9 heteroatoms. The number of anilines is 3. The van der Waals surface area contributed by atoms with Gasteiger partial charge in [-0.15, -0.1) is 11.3 Å². The summed E-state index contributed by atoms with van der Waals surface area (Å²) in [5.41, 5.74) is 9.64. The van der Waals surface area contributed by atoms with Crippen LogP contribution in [-0.4, -0.2) is 36.6 Å². The number of nitrogens with zero attached hydrogens (tertiary/aromatic N) is 5. The normalized spacial score (nSPS) is 21.2. The van der Waals surface area contributed by atoms with E-state index in [0.29, 0.717) is 29.9 Å². The molecular weight excluding hydrogens is 444 g/mol. The van der Waals surface area contributed by atoms with Gasteiger partial charge in [0.15, 0.2) is 17.0 Å². The summed E-state index contributed by atoms with van der Waals surface area (Å²) in [6, 6.07) is 9.32. The fourth-order valence-electron chi connectivity index (χ4n) is 5.14. The van der Waals surface area contributed by atoms with Crippen molar-refractivity contribution in [2.45, 2.75) is 69.5 Å². The summed E-state index contributed by atoms with van der Waals surface area (Å²) in [7, 11) is 0. The summed E-state index contributed by atoms with van der Waals surface area (Å²) in [4.78, 5) is 20.3. The lowest BCUT2D eigenvalue weighted by atomic mass is 9.92. The summed E-state index contributed by atoms with van der Waals surface area (Å²) in [6.45, 7) is 0. The van der Waals surface area contributed by atoms with Crippen LogP contribution in [-0.2, 0) is 0 Å². The van der Waals surface area contributed by atoms with Crippen molar-refractivity contribution in [1.29, 1.82) is 0 Å². The van der Waals surface area contributed by atoms with Gasteiger partial charge in [0, 0.05) is 18.1 Å². The smallest absolute Gasteiger partial charge is 0.227 e. The third-order valence-corrected chi connectivity index (χ3v) is 7.94. The van der Waals surface area contributed by atoms with E-state index in [1.54, 1.807) is 11.3 Å². The molecule has 0 atom stereocenters. The lowest BCUT2D eigenvalue weighted by Crippen LogP contribution is -2.33. The van der Waals surface area contributed by atoms with E-state index in [1.807, 2.05) is 30.7 Å². The highest BCUT2D eigenvalue weighted by atomic mass is 32.1. The van der Waals surface area contributed by atoms with Crippen molar-refractivity contribution in [3.63, 3.8) is 0 Å². The highest BCUT2D eigenvalue weighted by Gasteiger charge is 2.24. The number of hydrogen-bond acceptors (Lipinski definition) is 8. The highest BCUT2D eigenvalue weighted by Crippen LogP contribution is 2.34. The van der Waals surface area contributed by atoms with Gasteiger partial charge in [-0.25, -0.2) is 4.98 Å². The van der Waals surface area contributed by atoms with Gasteiger partial charge >= 0.3 is 0 Å². The van der Waals surface area contributed by atoms with Crippen molar-refractivity contribution < 1.29 is 0 Å². The molecule has 176 valence electrons. The first-order valence-corrected chi connectivity index (χ1v) is 13.1. The Kier molecular flexibility index (Phi) is 5.88. The van der Waals surface area contributed by atoms with Gasteiger partial charge in [0.1, 0.15) is 0 Å². The first kappa shape index (κ1) is 21.5. The second-order valence-electron chi connectivity index (χ2n) is 9.45. The Labute approximate surface area is 203 Å². The summed E-state index contributed by atoms with van der Waals surface area (Å²) < 4.78 is 2.25. The monoisotopic (exact) mass is 474 g/mol. The number of pyridine rings is 1. The van der Waals surface area contributed by atoms with Crippen LogP contribution in [0.5, 0.6) is 0 Å². The molecule has 2 saturated carbocycles. The molecule has 34 heavy (non-hydrogen) atoms. The molecule has 8 nitrogen and oxygen atoms in total. The van der Waals surface area contributed by atoms with Gasteiger partial charge in [0.05, 0.1) is 28.8 Å². The summed E-state index contributed by atoms with van der Waals surface area (Å²) in [5.74, 6) is 1.36. The van der Waals surface area contributed by atoms with E-state index in [1.165, 1.54) is 25.7 Å². The summed E-state index contributed by atoms with van der Waals surface area (Å²) in [6.07, 6.45) is 12.8. The molecule has 0 amide bonds. The zero-order valence-corrected chi connectivity index (χ0v) is 20.0. The third-order valence-electron chi connectivity index (χ3n) is 7.04. The Morgan fingerprint density at radius 1 is 0.971 bits per heavy atom. The fraction of sp³-hybridized carbons (Fsp3) is 0.440. The van der Waals surface area contributed by atoms with Crippen LogP contribution >= 0.6 is 11.3 Å². The van der Waals surface area contributed by atoms with E-state index >= 15 is 0 Å². The molecule has 2 aliphatic carbocycles. The highest BCUT2D eigenvalue weighted by molar-refractivity contribution is 7.13. The molecule has 4 heterocycles. The lowest BCUT2D eigenvalue weighted by Gasteiger charge is -2.27. The molecule has 4 aromatic rings. The van der Waals surface area contributed by atoms with Crippen molar-refractivity contribution in [3.8, 4) is 10.6 Å². The van der Waals surface area contributed by atoms with Crippen LogP contribution in [0.2, 0.25) is 0 Å². The molecule has 0 radical (unpaired) electrons. The van der Waals surface area contributed by atoms with E-state index in [4.69, 9.17) is 20.7 Å². The standard InChI is InChI=1S/C25H30N8S/c26-16-7-9-17(10-8-16)30-25-31-23(22-24(32-25)33(15-28-22)19-4-1-2-5-19)29-18-11-12-20(27-14-18)21-6-3-13-34-21/h3,6,11-17,19H,1-2,4-5,7-10,26H2,(H2,29,30,31,32). The Morgan fingerprint density at radius 2 is 1.82 bits per heavy atom. The summed E-state index contributed by atoms with van der Waals surface area (Å²) >= 11 is 1.69. The molecule has 0 aliphatic heterocycles. The third kappa shape index (κ3) is 4.37. The fourth-order valence-corrected chi connectivity index (χ4v) is 5.84. The van der Waals surface area contributed by atoms with Crippen LogP contribution in [0.3, 0.4) is 0 Å². The maximum Gasteiger partial charge on any atom is 0.227 e. The number of nitrogens with one attached hydrogen (secondary N) is 2. The Hall–Kier alpha value is -3.04. The van der Waals surface area contributed by atoms with Crippen LogP contribution in [0.15, 0.2) is 42.2 Å². The number of aromatic nitrogens is 5. The quantitative estimate of drug-likeness (QED) is 0.339. The van der Waals surface area contributed by atoms with Crippen LogP contribution in [0.1, 0.15) is 57.4 Å². The molecule has 6 rings (SSSR count). The Bertz CT molecular complexity index is 1240. The molecule has 4 N–H and O–H groups in total. The van der Waals surface area contributed by atoms with Crippen molar-refractivity contribution >= 4 is 40.0 Å². The van der Waals surface area contributed by atoms with Gasteiger partial charge in [-0.1, -0.05) is 18.9 Å². The Balaban J connectivity index is 1.32. The average molecular weight is 475 g/mol. The maximum atomic E-state index is 6.11. The van der Waals surface area contributed by atoms with Gasteiger partial charge < -0.3 is 20.9 Å². The molecule has 2 fully saturated rings. The van der Waals surface area contributed by atoms with E-state index in [2.05, 4.69) is 31.6 Å². The molecule has 0 bridgehead atoms. The van der Waals surface area contributed by atoms with Crippen molar-refractivity contribution in [2.75, 3.05) is 10.6 Å². The van der Waals surface area contributed by atoms with Crippen molar-refractivity contribution in [3.05, 3.63) is 42.2 Å². The van der Waals surface area contributed by atoms with Gasteiger partial charge in [0.2, 0.25) is 5.95 Å². The van der Waals surface area contributed by atoms with Crippen molar-refractivity contribution in [2.24, 2.45) is 5.73 Å². The topological polar surface area (TPSA) is 107 Å². The average Bonchev–Trinajstić information content (AvgIpc) is 3.63. The van der Waals surface area contributed by atoms with Gasteiger partial charge in [-0.3, -0.25) is 4.98 Å². The first-order chi connectivity index (χ1) is 16.7. The molecule has 0 saturated heterocycles. The van der Waals surface area contributed by atoms with Crippen LogP contribution in [0.4, 0.5) is 17.5 Å². The van der Waals surface area contributed by atoms with Crippen LogP contribution in [0.25, 0.3) is 21.7 Å². The second-order valence-corrected chi connectivity index (χ2v) is 10.4. The van der Waals surface area contributed by atoms with E-state index in [0.717, 1.165) is 53.1 Å². The zero-order valence-electron chi connectivity index (χ0n) is 19.2. The number of hydrogen-bond donors (Lipinski definition) is 3. The van der Waals surface area contributed by atoms with E-state index in [-0.39, 0.29) is 0 Å². The molecular formula is C25H30N8S. The SMILES string of the molecule is NC1CCC(Nc2nc(Nc3ccc(-c4cccs4)nc3)c3ncn(C4CCCC4)c3n2)CC1. The van der Waals surface area contributed by atoms with Gasteiger partial charge in [0.25, 0.3) is 0 Å².